The van der Waals surface area contributed by atoms with E-state index in [4.69, 9.17) is 5.73 Å². The summed E-state index contributed by atoms with van der Waals surface area (Å²) in [7, 11) is 2.12. The Morgan fingerprint density at radius 3 is 2.38 bits per heavy atom. The first-order valence-corrected chi connectivity index (χ1v) is 8.17. The van der Waals surface area contributed by atoms with Crippen LogP contribution in [0.25, 0.3) is 0 Å². The zero-order valence-corrected chi connectivity index (χ0v) is 13.2. The zero-order chi connectivity index (χ0) is 15.2. The van der Waals surface area contributed by atoms with Gasteiger partial charge in [-0.2, -0.15) is 0 Å². The van der Waals surface area contributed by atoms with Crippen molar-refractivity contribution in [2.45, 2.75) is 37.8 Å². The number of hydrogen-bond acceptors (Lipinski definition) is 5. The van der Waals surface area contributed by atoms with Crippen LogP contribution in [0.3, 0.4) is 0 Å². The molecule has 2 fully saturated rings. The molecule has 122 valence electrons. The van der Waals surface area contributed by atoms with Crippen LogP contribution >= 0.6 is 0 Å². The molecule has 6 nitrogen and oxygen atoms in total. The summed E-state index contributed by atoms with van der Waals surface area (Å²) in [4.78, 5) is 19.0. The summed E-state index contributed by atoms with van der Waals surface area (Å²) in [5.74, 6) is 0.161. The minimum Gasteiger partial charge on any atom is -0.395 e. The van der Waals surface area contributed by atoms with Crippen molar-refractivity contribution in [1.82, 2.24) is 14.7 Å². The van der Waals surface area contributed by atoms with Crippen molar-refractivity contribution in [3.63, 3.8) is 0 Å². The van der Waals surface area contributed by atoms with Gasteiger partial charge in [-0.15, -0.1) is 0 Å². The molecule has 0 bridgehead atoms. The van der Waals surface area contributed by atoms with Crippen LogP contribution in [0.5, 0.6) is 0 Å². The van der Waals surface area contributed by atoms with Gasteiger partial charge in [-0.1, -0.05) is 0 Å². The van der Waals surface area contributed by atoms with Gasteiger partial charge in [0.25, 0.3) is 0 Å². The van der Waals surface area contributed by atoms with Gasteiger partial charge in [-0.3, -0.25) is 9.69 Å². The Morgan fingerprint density at radius 1 is 1.19 bits per heavy atom. The van der Waals surface area contributed by atoms with Gasteiger partial charge in [0.1, 0.15) is 0 Å². The molecular weight excluding hydrogens is 268 g/mol. The quantitative estimate of drug-likeness (QED) is 0.704. The summed E-state index contributed by atoms with van der Waals surface area (Å²) in [6, 6.07) is 0.576. The van der Waals surface area contributed by atoms with E-state index in [9.17, 15) is 9.90 Å². The van der Waals surface area contributed by atoms with Gasteiger partial charge < -0.3 is 20.6 Å². The molecule has 21 heavy (non-hydrogen) atoms. The van der Waals surface area contributed by atoms with Crippen LogP contribution in [-0.2, 0) is 4.79 Å². The molecular formula is C15H30N4O2. The smallest absolute Gasteiger partial charge is 0.237 e. The number of aliphatic hydroxyl groups excluding tert-OH is 1. The lowest BCUT2D eigenvalue weighted by Crippen LogP contribution is -2.51. The van der Waals surface area contributed by atoms with Gasteiger partial charge in [0.2, 0.25) is 5.91 Å². The first-order chi connectivity index (χ1) is 10.1. The number of hydrogen-bond donors (Lipinski definition) is 2. The molecule has 0 aromatic heterocycles. The highest BCUT2D eigenvalue weighted by atomic mass is 16.3. The third-order valence-corrected chi connectivity index (χ3v) is 4.78. The second kappa shape index (κ2) is 8.08. The number of rotatable bonds is 5. The Kier molecular flexibility index (Phi) is 6.41. The summed E-state index contributed by atoms with van der Waals surface area (Å²) in [6.45, 7) is 4.85. The van der Waals surface area contributed by atoms with Crippen LogP contribution in [0.1, 0.15) is 25.7 Å². The van der Waals surface area contributed by atoms with Gasteiger partial charge in [-0.25, -0.2) is 0 Å². The van der Waals surface area contributed by atoms with Crippen molar-refractivity contribution in [2.24, 2.45) is 5.73 Å². The van der Waals surface area contributed by atoms with E-state index < -0.39 is 0 Å². The number of nitrogens with two attached hydrogens (primary N) is 1. The van der Waals surface area contributed by atoms with Crippen molar-refractivity contribution >= 4 is 5.91 Å². The largest absolute Gasteiger partial charge is 0.395 e. The summed E-state index contributed by atoms with van der Waals surface area (Å²) < 4.78 is 0. The van der Waals surface area contributed by atoms with E-state index in [2.05, 4.69) is 16.8 Å². The van der Waals surface area contributed by atoms with E-state index in [0.717, 1.165) is 51.9 Å². The molecule has 2 saturated heterocycles. The highest BCUT2D eigenvalue weighted by molar-refractivity contribution is 5.78. The van der Waals surface area contributed by atoms with E-state index in [1.54, 1.807) is 0 Å². The number of aliphatic hydroxyl groups is 1. The maximum absolute atomic E-state index is 12.6. The topological polar surface area (TPSA) is 73.0 Å². The van der Waals surface area contributed by atoms with Gasteiger partial charge in [0.15, 0.2) is 0 Å². The lowest BCUT2D eigenvalue weighted by atomic mass is 10.0. The Bertz CT molecular complexity index is 324. The average Bonchev–Trinajstić information content (AvgIpc) is 2.48. The fraction of sp³-hybridized carbons (Fsp3) is 0.933. The first-order valence-electron chi connectivity index (χ1n) is 8.17. The first kappa shape index (κ1) is 16.7. The molecule has 0 aromatic carbocycles. The number of amides is 1. The number of carbonyl (C=O) groups excluding carboxylic acids is 1. The van der Waals surface area contributed by atoms with E-state index in [-0.39, 0.29) is 18.6 Å². The van der Waals surface area contributed by atoms with E-state index in [1.165, 1.54) is 0 Å². The maximum atomic E-state index is 12.6. The van der Waals surface area contributed by atoms with Crippen molar-refractivity contribution in [2.75, 3.05) is 52.9 Å². The lowest BCUT2D eigenvalue weighted by Gasteiger charge is -2.38. The van der Waals surface area contributed by atoms with Crippen molar-refractivity contribution in [3.8, 4) is 0 Å². The fourth-order valence-corrected chi connectivity index (χ4v) is 3.32. The van der Waals surface area contributed by atoms with E-state index >= 15 is 0 Å². The van der Waals surface area contributed by atoms with E-state index in [1.807, 2.05) is 4.90 Å². The number of likely N-dealkylation sites (tertiary alicyclic amines) is 2. The molecule has 1 amide bonds. The van der Waals surface area contributed by atoms with Crippen molar-refractivity contribution < 1.29 is 9.90 Å². The summed E-state index contributed by atoms with van der Waals surface area (Å²) in [5, 5.41) is 9.27. The monoisotopic (exact) mass is 298 g/mol. The number of nitrogens with zero attached hydrogens (tertiary/aromatic N) is 3. The van der Waals surface area contributed by atoms with Gasteiger partial charge in [0, 0.05) is 31.7 Å². The highest BCUT2D eigenvalue weighted by Crippen LogP contribution is 2.16. The fourth-order valence-electron chi connectivity index (χ4n) is 3.32. The second-order valence-corrected chi connectivity index (χ2v) is 6.46. The van der Waals surface area contributed by atoms with Crippen LogP contribution in [0.4, 0.5) is 0 Å². The third kappa shape index (κ3) is 4.92. The normalized spacial score (nSPS) is 23.4. The Labute approximate surface area is 127 Å². The second-order valence-electron chi connectivity index (χ2n) is 6.46. The SMILES string of the molecule is CN1CCC(N(CCO)C(=O)CN2CCC(N)CC2)CC1. The molecule has 0 aliphatic carbocycles. The molecule has 2 heterocycles. The molecule has 0 saturated carbocycles. The molecule has 2 aliphatic heterocycles. The molecule has 3 N–H and O–H groups in total. The lowest BCUT2D eigenvalue weighted by molar-refractivity contribution is -0.136. The van der Waals surface area contributed by atoms with Crippen molar-refractivity contribution in [1.29, 1.82) is 0 Å². The number of carbonyl (C=O) groups is 1. The molecule has 2 rings (SSSR count). The van der Waals surface area contributed by atoms with Gasteiger partial charge in [-0.05, 0) is 45.8 Å². The minimum absolute atomic E-state index is 0.0446. The molecule has 0 radical (unpaired) electrons. The predicted molar refractivity (Wildman–Crippen MR) is 83.0 cm³/mol. The van der Waals surface area contributed by atoms with Gasteiger partial charge >= 0.3 is 0 Å². The van der Waals surface area contributed by atoms with Crippen LogP contribution < -0.4 is 5.73 Å². The molecule has 2 aliphatic rings. The van der Waals surface area contributed by atoms with Crippen molar-refractivity contribution in [3.05, 3.63) is 0 Å². The Morgan fingerprint density at radius 2 is 1.81 bits per heavy atom. The molecule has 0 spiro atoms. The maximum Gasteiger partial charge on any atom is 0.237 e. The molecule has 0 atom stereocenters. The average molecular weight is 298 g/mol. The minimum atomic E-state index is 0.0446. The van der Waals surface area contributed by atoms with E-state index in [0.29, 0.717) is 19.1 Å². The zero-order valence-electron chi connectivity index (χ0n) is 13.2. The Balaban J connectivity index is 1.86. The van der Waals surface area contributed by atoms with Crippen LogP contribution in [0, 0.1) is 0 Å². The van der Waals surface area contributed by atoms with Gasteiger partial charge in [0.05, 0.1) is 13.2 Å². The Hall–Kier alpha value is -0.690. The number of piperidine rings is 2. The summed E-state index contributed by atoms with van der Waals surface area (Å²) >= 11 is 0. The van der Waals surface area contributed by atoms with Crippen LogP contribution in [0.15, 0.2) is 0 Å². The van der Waals surface area contributed by atoms with Crippen LogP contribution in [-0.4, -0.2) is 90.7 Å². The predicted octanol–water partition coefficient (Wildman–Crippen LogP) is -0.675. The van der Waals surface area contributed by atoms with Crippen LogP contribution in [0.2, 0.25) is 0 Å². The third-order valence-electron chi connectivity index (χ3n) is 4.78. The summed E-state index contributed by atoms with van der Waals surface area (Å²) in [6.07, 6.45) is 3.96. The molecule has 0 aromatic rings. The molecule has 0 unspecified atom stereocenters. The standard InChI is InChI=1S/C15H30N4O2/c1-17-6-4-14(5-7-17)19(10-11-20)15(21)12-18-8-2-13(16)3-9-18/h13-14,20H,2-12,16H2,1H3. The summed E-state index contributed by atoms with van der Waals surface area (Å²) in [5.41, 5.74) is 5.91. The highest BCUT2D eigenvalue weighted by Gasteiger charge is 2.28. The molecule has 6 heteroatoms.